The minimum absolute atomic E-state index is 0.146. The summed E-state index contributed by atoms with van der Waals surface area (Å²) in [5.41, 5.74) is -1.24. The number of alkyl halides is 3. The lowest BCUT2D eigenvalue weighted by atomic mass is 10.2. The molecule has 2 heterocycles. The summed E-state index contributed by atoms with van der Waals surface area (Å²) in [6.45, 7) is 1.03. The van der Waals surface area contributed by atoms with E-state index < -0.39 is 44.2 Å². The predicted molar refractivity (Wildman–Crippen MR) is 77.3 cm³/mol. The Morgan fingerprint density at radius 1 is 1.24 bits per heavy atom. The Bertz CT molecular complexity index is 1070. The fraction of sp³-hybridized carbons (Fsp3) is 0.154. The van der Waals surface area contributed by atoms with Crippen molar-refractivity contribution in [2.75, 3.05) is 4.72 Å². The van der Waals surface area contributed by atoms with Gasteiger partial charge >= 0.3 is 6.30 Å². The number of aromatic amines is 1. The van der Waals surface area contributed by atoms with E-state index in [-0.39, 0.29) is 15.6 Å². The van der Waals surface area contributed by atoms with Crippen molar-refractivity contribution >= 4 is 26.6 Å². The summed E-state index contributed by atoms with van der Waals surface area (Å²) in [4.78, 5) is 1.85. The summed E-state index contributed by atoms with van der Waals surface area (Å²) >= 11 is 0. The smallest absolute Gasteiger partial charge is 0.357 e. The van der Waals surface area contributed by atoms with E-state index in [1.807, 2.05) is 4.72 Å². The first kappa shape index (κ1) is 17.2. The molecule has 0 bridgehead atoms. The maximum atomic E-state index is 13.7. The molecule has 1 aromatic carbocycles. The van der Waals surface area contributed by atoms with Crippen LogP contribution in [0.5, 0.6) is 0 Å². The highest BCUT2D eigenvalue weighted by Gasteiger charge is 2.34. The van der Waals surface area contributed by atoms with Gasteiger partial charge in [0.15, 0.2) is 11.6 Å². The normalized spacial score (nSPS) is 12.7. The van der Waals surface area contributed by atoms with Gasteiger partial charge in [0.25, 0.3) is 10.0 Å². The Balaban J connectivity index is 2.04. The third-order valence-corrected chi connectivity index (χ3v) is 4.90. The first-order chi connectivity index (χ1) is 11.5. The number of nitrogens with one attached hydrogen (secondary N) is 2. The number of anilines is 1. The molecule has 0 fully saturated rings. The van der Waals surface area contributed by atoms with Gasteiger partial charge in [0, 0.05) is 11.6 Å². The average molecular weight is 380 g/mol. The van der Waals surface area contributed by atoms with Gasteiger partial charge in [-0.15, -0.1) is 13.2 Å². The van der Waals surface area contributed by atoms with E-state index in [2.05, 4.69) is 10.1 Å². The molecule has 134 valence electrons. The molecule has 0 radical (unpaired) electrons. The molecule has 3 rings (SSSR count). The van der Waals surface area contributed by atoms with E-state index in [9.17, 15) is 30.4 Å². The summed E-state index contributed by atoms with van der Waals surface area (Å²) < 4.78 is 91.5. The van der Waals surface area contributed by atoms with Crippen LogP contribution in [0.25, 0.3) is 10.9 Å². The molecule has 0 aliphatic carbocycles. The van der Waals surface area contributed by atoms with Crippen molar-refractivity contribution in [1.82, 2.24) is 14.8 Å². The first-order valence-electron chi connectivity index (χ1n) is 6.62. The fourth-order valence-corrected chi connectivity index (χ4v) is 3.57. The summed E-state index contributed by atoms with van der Waals surface area (Å²) in [6.07, 6.45) is -3.19. The molecule has 2 N–H and O–H groups in total. The van der Waals surface area contributed by atoms with Crippen LogP contribution < -0.4 is 4.72 Å². The molecular formula is C13H9F5N4O2S. The molecular weight excluding hydrogens is 371 g/mol. The van der Waals surface area contributed by atoms with Crippen LogP contribution in [0, 0.1) is 18.6 Å². The van der Waals surface area contributed by atoms with Crippen LogP contribution in [0.15, 0.2) is 29.4 Å². The number of nitrogens with zero attached hydrogens (tertiary/aromatic N) is 2. The van der Waals surface area contributed by atoms with E-state index >= 15 is 0 Å². The Kier molecular flexibility index (Phi) is 3.74. The van der Waals surface area contributed by atoms with Crippen LogP contribution in [-0.2, 0) is 16.3 Å². The summed E-state index contributed by atoms with van der Waals surface area (Å²) in [5, 5.41) is 2.94. The predicted octanol–water partition coefficient (Wildman–Crippen LogP) is 3.23. The van der Waals surface area contributed by atoms with Gasteiger partial charge in [0.1, 0.15) is 4.90 Å². The van der Waals surface area contributed by atoms with Crippen molar-refractivity contribution in [3.05, 3.63) is 41.9 Å². The van der Waals surface area contributed by atoms with Gasteiger partial charge in [0.2, 0.25) is 0 Å². The Hall–Kier alpha value is -2.63. The van der Waals surface area contributed by atoms with Crippen molar-refractivity contribution in [1.29, 1.82) is 0 Å². The number of H-pyrrole nitrogens is 1. The van der Waals surface area contributed by atoms with Gasteiger partial charge in [-0.2, -0.15) is 9.78 Å². The molecule has 3 aromatic rings. The molecule has 0 spiro atoms. The lowest BCUT2D eigenvalue weighted by Gasteiger charge is -2.10. The zero-order valence-electron chi connectivity index (χ0n) is 12.3. The number of hydrogen-bond acceptors (Lipinski definition) is 3. The van der Waals surface area contributed by atoms with E-state index in [4.69, 9.17) is 0 Å². The number of fused-ring (bicyclic) bond motifs is 1. The topological polar surface area (TPSA) is 79.8 Å². The second-order valence-corrected chi connectivity index (χ2v) is 6.72. The number of halogens is 5. The first-order valence-corrected chi connectivity index (χ1v) is 8.10. The Morgan fingerprint density at radius 2 is 1.92 bits per heavy atom. The minimum Gasteiger partial charge on any atom is -0.357 e. The molecule has 12 heteroatoms. The van der Waals surface area contributed by atoms with Crippen LogP contribution in [-0.4, -0.2) is 23.2 Å². The van der Waals surface area contributed by atoms with Gasteiger partial charge in [-0.1, -0.05) is 0 Å². The fourth-order valence-electron chi connectivity index (χ4n) is 2.30. The van der Waals surface area contributed by atoms with Crippen LogP contribution in [0.4, 0.5) is 27.6 Å². The summed E-state index contributed by atoms with van der Waals surface area (Å²) in [7, 11) is -4.37. The van der Waals surface area contributed by atoms with Gasteiger partial charge in [-0.3, -0.25) is 4.72 Å². The van der Waals surface area contributed by atoms with Gasteiger partial charge in [-0.25, -0.2) is 17.2 Å². The molecule has 0 saturated heterocycles. The largest absolute Gasteiger partial charge is 0.504 e. The molecule has 6 nitrogen and oxygen atoms in total. The average Bonchev–Trinajstić information content (AvgIpc) is 3.07. The standard InChI is InChI=1S/C13H9F5N4O2S/c1-6-9(4-20-22(6)13(16,17)18)21-25(23,24)10-5-19-12-7(10)2-3-8(14)11(12)15/h2-5,19,21H,1H3. The second kappa shape index (κ2) is 5.44. The van der Waals surface area contributed by atoms with Crippen LogP contribution in [0.1, 0.15) is 5.69 Å². The number of benzene rings is 1. The maximum absolute atomic E-state index is 13.7. The van der Waals surface area contributed by atoms with Gasteiger partial charge in [0.05, 0.1) is 23.1 Å². The molecule has 0 aliphatic rings. The van der Waals surface area contributed by atoms with Crippen LogP contribution in [0.2, 0.25) is 0 Å². The van der Waals surface area contributed by atoms with E-state index in [0.717, 1.165) is 25.3 Å². The third-order valence-electron chi connectivity index (χ3n) is 3.49. The SMILES string of the molecule is Cc1c(NS(=O)(=O)c2c[nH]c3c(F)c(F)ccc23)cnn1C(F)(F)F. The highest BCUT2D eigenvalue weighted by atomic mass is 32.2. The zero-order valence-corrected chi connectivity index (χ0v) is 13.1. The van der Waals surface area contributed by atoms with Crippen molar-refractivity contribution in [2.45, 2.75) is 18.1 Å². The van der Waals surface area contributed by atoms with Gasteiger partial charge < -0.3 is 4.98 Å². The van der Waals surface area contributed by atoms with E-state index in [1.54, 1.807) is 0 Å². The summed E-state index contributed by atoms with van der Waals surface area (Å²) in [6, 6.07) is 1.79. The van der Waals surface area contributed by atoms with E-state index in [1.165, 1.54) is 0 Å². The number of hydrogen-bond donors (Lipinski definition) is 2. The molecule has 0 aliphatic heterocycles. The Labute approximate surface area is 137 Å². The third kappa shape index (κ3) is 2.81. The van der Waals surface area contributed by atoms with Crippen molar-refractivity contribution < 1.29 is 30.4 Å². The number of aromatic nitrogens is 3. The van der Waals surface area contributed by atoms with Gasteiger partial charge in [-0.05, 0) is 19.1 Å². The number of rotatable bonds is 3. The van der Waals surface area contributed by atoms with Crippen LogP contribution >= 0.6 is 0 Å². The molecule has 0 atom stereocenters. The molecule has 0 unspecified atom stereocenters. The maximum Gasteiger partial charge on any atom is 0.504 e. The Morgan fingerprint density at radius 3 is 2.52 bits per heavy atom. The number of sulfonamides is 1. The minimum atomic E-state index is -4.81. The molecule has 0 saturated carbocycles. The van der Waals surface area contributed by atoms with Crippen molar-refractivity contribution in [2.24, 2.45) is 0 Å². The monoisotopic (exact) mass is 380 g/mol. The lowest BCUT2D eigenvalue weighted by Crippen LogP contribution is -2.20. The molecule has 2 aromatic heterocycles. The van der Waals surface area contributed by atoms with Crippen LogP contribution in [0.3, 0.4) is 0 Å². The summed E-state index contributed by atoms with van der Waals surface area (Å²) in [5.74, 6) is -2.44. The highest BCUT2D eigenvalue weighted by Crippen LogP contribution is 2.30. The highest BCUT2D eigenvalue weighted by molar-refractivity contribution is 7.93. The molecule has 25 heavy (non-hydrogen) atoms. The quantitative estimate of drug-likeness (QED) is 0.685. The van der Waals surface area contributed by atoms with Crippen molar-refractivity contribution in [3.8, 4) is 0 Å². The van der Waals surface area contributed by atoms with E-state index in [0.29, 0.717) is 6.20 Å². The zero-order chi connectivity index (χ0) is 18.6. The second-order valence-electron chi connectivity index (χ2n) is 5.07. The lowest BCUT2D eigenvalue weighted by molar-refractivity contribution is -0.213. The van der Waals surface area contributed by atoms with Crippen molar-refractivity contribution in [3.63, 3.8) is 0 Å². The molecule has 0 amide bonds.